The van der Waals surface area contributed by atoms with Gasteiger partial charge < -0.3 is 15.0 Å². The molecule has 0 radical (unpaired) electrons. The Bertz CT molecular complexity index is 733. The number of rotatable bonds is 7. The van der Waals surface area contributed by atoms with Crippen molar-refractivity contribution in [3.05, 3.63) is 65.9 Å². The molecule has 3 nitrogen and oxygen atoms in total. The summed E-state index contributed by atoms with van der Waals surface area (Å²) in [6.45, 7) is 4.51. The SMILES string of the molecule is CCOc1ccccc1CNCCc1ccc2[nH]ccc2c1. The first kappa shape index (κ1) is 14.7. The van der Waals surface area contributed by atoms with Crippen molar-refractivity contribution in [1.29, 1.82) is 0 Å². The van der Waals surface area contributed by atoms with Crippen molar-refractivity contribution in [3.8, 4) is 5.75 Å². The largest absolute Gasteiger partial charge is 0.494 e. The van der Waals surface area contributed by atoms with E-state index in [1.54, 1.807) is 0 Å². The van der Waals surface area contributed by atoms with Crippen LogP contribution in [0.15, 0.2) is 54.7 Å². The maximum Gasteiger partial charge on any atom is 0.123 e. The van der Waals surface area contributed by atoms with Crippen molar-refractivity contribution >= 4 is 10.9 Å². The van der Waals surface area contributed by atoms with Gasteiger partial charge in [0, 0.05) is 23.8 Å². The third kappa shape index (κ3) is 3.49. The summed E-state index contributed by atoms with van der Waals surface area (Å²) < 4.78 is 5.65. The molecule has 1 aromatic heterocycles. The second-order valence-electron chi connectivity index (χ2n) is 5.37. The Balaban J connectivity index is 1.53. The summed E-state index contributed by atoms with van der Waals surface area (Å²) in [4.78, 5) is 3.22. The van der Waals surface area contributed by atoms with E-state index in [0.717, 1.165) is 25.3 Å². The molecule has 0 fully saturated rings. The molecule has 0 atom stereocenters. The van der Waals surface area contributed by atoms with Gasteiger partial charge in [-0.3, -0.25) is 0 Å². The van der Waals surface area contributed by atoms with Crippen molar-refractivity contribution in [2.75, 3.05) is 13.2 Å². The van der Waals surface area contributed by atoms with Crippen LogP contribution in [0.2, 0.25) is 0 Å². The number of aromatic nitrogens is 1. The van der Waals surface area contributed by atoms with E-state index in [4.69, 9.17) is 4.74 Å². The molecule has 2 aromatic carbocycles. The highest BCUT2D eigenvalue weighted by atomic mass is 16.5. The predicted octanol–water partition coefficient (Wildman–Crippen LogP) is 3.90. The molecule has 114 valence electrons. The molecule has 0 spiro atoms. The van der Waals surface area contributed by atoms with Crippen LogP contribution in [0.1, 0.15) is 18.1 Å². The molecule has 0 bridgehead atoms. The summed E-state index contributed by atoms with van der Waals surface area (Å²) in [5, 5.41) is 4.78. The van der Waals surface area contributed by atoms with Crippen molar-refractivity contribution in [2.24, 2.45) is 0 Å². The van der Waals surface area contributed by atoms with Crippen LogP contribution in [0.3, 0.4) is 0 Å². The van der Waals surface area contributed by atoms with E-state index in [0.29, 0.717) is 6.61 Å². The minimum atomic E-state index is 0.702. The minimum Gasteiger partial charge on any atom is -0.494 e. The lowest BCUT2D eigenvalue weighted by atomic mass is 10.1. The van der Waals surface area contributed by atoms with Gasteiger partial charge in [-0.1, -0.05) is 24.3 Å². The van der Waals surface area contributed by atoms with Gasteiger partial charge in [-0.15, -0.1) is 0 Å². The highest BCUT2D eigenvalue weighted by Gasteiger charge is 2.02. The Morgan fingerprint density at radius 3 is 2.91 bits per heavy atom. The van der Waals surface area contributed by atoms with Crippen molar-refractivity contribution in [1.82, 2.24) is 10.3 Å². The van der Waals surface area contributed by atoms with Crippen LogP contribution in [-0.2, 0) is 13.0 Å². The van der Waals surface area contributed by atoms with Gasteiger partial charge >= 0.3 is 0 Å². The van der Waals surface area contributed by atoms with E-state index in [2.05, 4.69) is 46.7 Å². The molecule has 1 heterocycles. The van der Waals surface area contributed by atoms with Gasteiger partial charge in [0.15, 0.2) is 0 Å². The van der Waals surface area contributed by atoms with E-state index in [1.807, 2.05) is 25.3 Å². The van der Waals surface area contributed by atoms with Gasteiger partial charge in [-0.05, 0) is 55.1 Å². The fourth-order valence-electron chi connectivity index (χ4n) is 2.66. The number of hydrogen-bond donors (Lipinski definition) is 2. The summed E-state index contributed by atoms with van der Waals surface area (Å²) in [6, 6.07) is 16.9. The molecule has 22 heavy (non-hydrogen) atoms. The molecule has 3 heteroatoms. The molecule has 0 saturated carbocycles. The molecule has 3 rings (SSSR count). The predicted molar refractivity (Wildman–Crippen MR) is 91.3 cm³/mol. The molecular formula is C19H22N2O. The number of H-pyrrole nitrogens is 1. The zero-order chi connectivity index (χ0) is 15.2. The standard InChI is InChI=1S/C19H22N2O/c1-2-22-19-6-4-3-5-17(19)14-20-11-9-15-7-8-18-16(13-15)10-12-21-18/h3-8,10,12-13,20-21H,2,9,11,14H2,1H3. The fraction of sp³-hybridized carbons (Fsp3) is 0.263. The van der Waals surface area contributed by atoms with Crippen LogP contribution in [0.4, 0.5) is 0 Å². The number of fused-ring (bicyclic) bond motifs is 1. The number of para-hydroxylation sites is 1. The average Bonchev–Trinajstić information content (AvgIpc) is 3.01. The molecule has 0 unspecified atom stereocenters. The van der Waals surface area contributed by atoms with E-state index in [9.17, 15) is 0 Å². The number of benzene rings is 2. The highest BCUT2D eigenvalue weighted by molar-refractivity contribution is 5.79. The Morgan fingerprint density at radius 1 is 1.09 bits per heavy atom. The Labute approximate surface area is 131 Å². The van der Waals surface area contributed by atoms with Gasteiger partial charge in [-0.2, -0.15) is 0 Å². The zero-order valence-electron chi connectivity index (χ0n) is 12.9. The van der Waals surface area contributed by atoms with Gasteiger partial charge in [0.2, 0.25) is 0 Å². The summed E-state index contributed by atoms with van der Waals surface area (Å²) in [5.41, 5.74) is 3.77. The fourth-order valence-corrected chi connectivity index (χ4v) is 2.66. The maximum atomic E-state index is 5.65. The third-order valence-corrected chi connectivity index (χ3v) is 3.80. The van der Waals surface area contributed by atoms with Crippen LogP contribution in [0.25, 0.3) is 10.9 Å². The Morgan fingerprint density at radius 2 is 2.00 bits per heavy atom. The summed E-state index contributed by atoms with van der Waals surface area (Å²) in [7, 11) is 0. The van der Waals surface area contributed by atoms with Gasteiger partial charge in [0.1, 0.15) is 5.75 Å². The second kappa shape index (κ2) is 7.14. The first-order chi connectivity index (χ1) is 10.9. The van der Waals surface area contributed by atoms with Gasteiger partial charge in [0.05, 0.1) is 6.61 Å². The Hall–Kier alpha value is -2.26. The van der Waals surface area contributed by atoms with E-state index < -0.39 is 0 Å². The van der Waals surface area contributed by atoms with Crippen molar-refractivity contribution < 1.29 is 4.74 Å². The molecule has 0 amide bonds. The molecule has 0 aliphatic carbocycles. The minimum absolute atomic E-state index is 0.702. The zero-order valence-corrected chi connectivity index (χ0v) is 12.9. The molecular weight excluding hydrogens is 272 g/mol. The molecule has 0 saturated heterocycles. The van der Waals surface area contributed by atoms with E-state index in [1.165, 1.54) is 22.0 Å². The number of hydrogen-bond acceptors (Lipinski definition) is 2. The molecule has 0 aliphatic heterocycles. The molecule has 0 aliphatic rings. The lowest BCUT2D eigenvalue weighted by Gasteiger charge is -2.11. The first-order valence-corrected chi connectivity index (χ1v) is 7.84. The Kier molecular flexibility index (Phi) is 4.76. The lowest BCUT2D eigenvalue weighted by molar-refractivity contribution is 0.335. The lowest BCUT2D eigenvalue weighted by Crippen LogP contribution is -2.17. The van der Waals surface area contributed by atoms with Crippen LogP contribution in [-0.4, -0.2) is 18.1 Å². The van der Waals surface area contributed by atoms with Crippen LogP contribution >= 0.6 is 0 Å². The molecule has 3 aromatic rings. The smallest absolute Gasteiger partial charge is 0.123 e. The van der Waals surface area contributed by atoms with Gasteiger partial charge in [0.25, 0.3) is 0 Å². The van der Waals surface area contributed by atoms with Crippen molar-refractivity contribution in [2.45, 2.75) is 19.9 Å². The highest BCUT2D eigenvalue weighted by Crippen LogP contribution is 2.18. The van der Waals surface area contributed by atoms with E-state index >= 15 is 0 Å². The van der Waals surface area contributed by atoms with Crippen LogP contribution in [0, 0.1) is 0 Å². The van der Waals surface area contributed by atoms with Crippen molar-refractivity contribution in [3.63, 3.8) is 0 Å². The number of nitrogens with one attached hydrogen (secondary N) is 2. The summed E-state index contributed by atoms with van der Waals surface area (Å²) >= 11 is 0. The average molecular weight is 294 g/mol. The quantitative estimate of drug-likeness (QED) is 0.648. The number of ether oxygens (including phenoxy) is 1. The normalized spacial score (nSPS) is 11.0. The summed E-state index contributed by atoms with van der Waals surface area (Å²) in [5.74, 6) is 0.978. The maximum absolute atomic E-state index is 5.65. The third-order valence-electron chi connectivity index (χ3n) is 3.80. The van der Waals surface area contributed by atoms with Gasteiger partial charge in [-0.25, -0.2) is 0 Å². The monoisotopic (exact) mass is 294 g/mol. The first-order valence-electron chi connectivity index (χ1n) is 7.84. The van der Waals surface area contributed by atoms with Crippen LogP contribution < -0.4 is 10.1 Å². The van der Waals surface area contributed by atoms with Crippen LogP contribution in [0.5, 0.6) is 5.75 Å². The summed E-state index contributed by atoms with van der Waals surface area (Å²) in [6.07, 6.45) is 3.01. The second-order valence-corrected chi connectivity index (χ2v) is 5.37. The number of aromatic amines is 1. The molecule has 2 N–H and O–H groups in total. The van der Waals surface area contributed by atoms with E-state index in [-0.39, 0.29) is 0 Å². The topological polar surface area (TPSA) is 37.0 Å².